The molecule has 1 aromatic carbocycles. The Kier molecular flexibility index (Phi) is 5.12. The minimum atomic E-state index is -0.205. The highest BCUT2D eigenvalue weighted by Crippen LogP contribution is 2.20. The quantitative estimate of drug-likeness (QED) is 0.871. The summed E-state index contributed by atoms with van der Waals surface area (Å²) in [6, 6.07) is 9.55. The van der Waals surface area contributed by atoms with Gasteiger partial charge in [0.05, 0.1) is 0 Å². The van der Waals surface area contributed by atoms with Crippen molar-refractivity contribution in [2.75, 3.05) is 29.6 Å². The lowest BCUT2D eigenvalue weighted by atomic mass is 10.1. The van der Waals surface area contributed by atoms with Gasteiger partial charge in [-0.1, -0.05) is 6.07 Å². The average Bonchev–Trinajstić information content (AvgIpc) is 2.63. The standard InChI is InChI=1S/C17H20N4OS/c1-23-14-7-5-6-13(10-14)20-17(22)15-11-16(19-12-18-15)21-8-3-2-4-9-21/h5-7,10-12H,2-4,8-9H2,1H3,(H,20,22). The van der Waals surface area contributed by atoms with E-state index in [0.717, 1.165) is 29.5 Å². The van der Waals surface area contributed by atoms with Gasteiger partial charge in [0.2, 0.25) is 0 Å². The summed E-state index contributed by atoms with van der Waals surface area (Å²) in [5.41, 5.74) is 1.18. The number of anilines is 2. The Labute approximate surface area is 140 Å². The van der Waals surface area contributed by atoms with Crippen LogP contribution >= 0.6 is 11.8 Å². The lowest BCUT2D eigenvalue weighted by molar-refractivity contribution is 0.102. The number of carbonyl (C=O) groups is 1. The van der Waals surface area contributed by atoms with Crippen LogP contribution in [0.1, 0.15) is 29.8 Å². The van der Waals surface area contributed by atoms with Crippen LogP contribution in [0.3, 0.4) is 0 Å². The van der Waals surface area contributed by atoms with E-state index >= 15 is 0 Å². The molecule has 1 saturated heterocycles. The Morgan fingerprint density at radius 3 is 2.78 bits per heavy atom. The summed E-state index contributed by atoms with van der Waals surface area (Å²) in [4.78, 5) is 24.2. The summed E-state index contributed by atoms with van der Waals surface area (Å²) in [5, 5.41) is 2.90. The van der Waals surface area contributed by atoms with Crippen LogP contribution in [0.25, 0.3) is 0 Å². The van der Waals surface area contributed by atoms with E-state index in [1.807, 2.05) is 30.5 Å². The molecule has 0 radical (unpaired) electrons. The van der Waals surface area contributed by atoms with Crippen molar-refractivity contribution in [2.24, 2.45) is 0 Å². The Hall–Kier alpha value is -2.08. The molecule has 1 aromatic heterocycles. The molecule has 1 aliphatic heterocycles. The Bertz CT molecular complexity index is 686. The number of rotatable bonds is 4. The molecule has 2 aromatic rings. The van der Waals surface area contributed by atoms with Crippen LogP contribution in [-0.2, 0) is 0 Å². The zero-order valence-electron chi connectivity index (χ0n) is 13.2. The second kappa shape index (κ2) is 7.46. The molecule has 1 N–H and O–H groups in total. The largest absolute Gasteiger partial charge is 0.357 e. The molecule has 23 heavy (non-hydrogen) atoms. The van der Waals surface area contributed by atoms with E-state index < -0.39 is 0 Å². The van der Waals surface area contributed by atoms with Gasteiger partial charge in [-0.25, -0.2) is 9.97 Å². The lowest BCUT2D eigenvalue weighted by Gasteiger charge is -2.27. The van der Waals surface area contributed by atoms with Crippen LogP contribution in [0.2, 0.25) is 0 Å². The van der Waals surface area contributed by atoms with Crippen molar-refractivity contribution in [1.82, 2.24) is 9.97 Å². The smallest absolute Gasteiger partial charge is 0.274 e. The predicted octanol–water partition coefficient (Wildman–Crippen LogP) is 3.44. The summed E-state index contributed by atoms with van der Waals surface area (Å²) in [5.74, 6) is 0.631. The Balaban J connectivity index is 1.74. The van der Waals surface area contributed by atoms with Crippen LogP contribution < -0.4 is 10.2 Å². The van der Waals surface area contributed by atoms with Crippen LogP contribution in [0.15, 0.2) is 41.6 Å². The van der Waals surface area contributed by atoms with E-state index in [1.165, 1.54) is 25.6 Å². The fourth-order valence-corrected chi connectivity index (χ4v) is 3.12. The molecule has 3 rings (SSSR count). The third kappa shape index (κ3) is 4.01. The third-order valence-electron chi connectivity index (χ3n) is 3.89. The van der Waals surface area contributed by atoms with E-state index in [4.69, 9.17) is 0 Å². The number of carbonyl (C=O) groups excluding carboxylic acids is 1. The summed E-state index contributed by atoms with van der Waals surface area (Å²) < 4.78 is 0. The molecule has 1 fully saturated rings. The van der Waals surface area contributed by atoms with Gasteiger partial charge in [-0.2, -0.15) is 0 Å². The molecule has 120 valence electrons. The first kappa shape index (κ1) is 15.8. The third-order valence-corrected chi connectivity index (χ3v) is 4.62. The summed E-state index contributed by atoms with van der Waals surface area (Å²) in [6.07, 6.45) is 7.09. The number of amides is 1. The number of thioether (sulfide) groups is 1. The molecule has 6 heteroatoms. The maximum Gasteiger partial charge on any atom is 0.274 e. The Morgan fingerprint density at radius 2 is 2.00 bits per heavy atom. The van der Waals surface area contributed by atoms with Crippen molar-refractivity contribution in [3.05, 3.63) is 42.4 Å². The van der Waals surface area contributed by atoms with Gasteiger partial charge in [0.1, 0.15) is 17.8 Å². The molecule has 0 bridgehead atoms. The highest BCUT2D eigenvalue weighted by molar-refractivity contribution is 7.98. The monoisotopic (exact) mass is 328 g/mol. The van der Waals surface area contributed by atoms with Crippen LogP contribution in [0, 0.1) is 0 Å². The van der Waals surface area contributed by atoms with Gasteiger partial charge in [-0.3, -0.25) is 4.79 Å². The van der Waals surface area contributed by atoms with Gasteiger partial charge in [0.15, 0.2) is 0 Å². The second-order valence-electron chi connectivity index (χ2n) is 5.50. The number of piperidine rings is 1. The van der Waals surface area contributed by atoms with Gasteiger partial charge in [0.25, 0.3) is 5.91 Å². The van der Waals surface area contributed by atoms with Gasteiger partial charge in [0, 0.05) is 29.7 Å². The van der Waals surface area contributed by atoms with Crippen molar-refractivity contribution in [2.45, 2.75) is 24.2 Å². The van der Waals surface area contributed by atoms with Crippen molar-refractivity contribution >= 4 is 29.2 Å². The Morgan fingerprint density at radius 1 is 1.17 bits per heavy atom. The fraction of sp³-hybridized carbons (Fsp3) is 0.353. The van der Waals surface area contributed by atoms with Crippen LogP contribution in [-0.4, -0.2) is 35.2 Å². The topological polar surface area (TPSA) is 58.1 Å². The molecular formula is C17H20N4OS. The number of benzene rings is 1. The summed E-state index contributed by atoms with van der Waals surface area (Å²) in [7, 11) is 0. The van der Waals surface area contributed by atoms with Gasteiger partial charge >= 0.3 is 0 Å². The predicted molar refractivity (Wildman–Crippen MR) is 94.3 cm³/mol. The molecule has 0 aliphatic carbocycles. The van der Waals surface area contributed by atoms with E-state index in [0.29, 0.717) is 5.69 Å². The number of nitrogens with one attached hydrogen (secondary N) is 1. The van der Waals surface area contributed by atoms with E-state index in [1.54, 1.807) is 17.8 Å². The van der Waals surface area contributed by atoms with Gasteiger partial charge in [-0.05, 0) is 43.7 Å². The molecule has 0 saturated carbocycles. The van der Waals surface area contributed by atoms with Crippen molar-refractivity contribution < 1.29 is 4.79 Å². The molecule has 5 nitrogen and oxygen atoms in total. The number of hydrogen-bond acceptors (Lipinski definition) is 5. The molecule has 1 amide bonds. The maximum absolute atomic E-state index is 12.4. The molecule has 1 aliphatic rings. The van der Waals surface area contributed by atoms with E-state index in [9.17, 15) is 4.79 Å². The number of hydrogen-bond donors (Lipinski definition) is 1. The van der Waals surface area contributed by atoms with E-state index in [2.05, 4.69) is 20.2 Å². The van der Waals surface area contributed by atoms with Gasteiger partial charge < -0.3 is 10.2 Å². The molecule has 0 unspecified atom stereocenters. The highest BCUT2D eigenvalue weighted by Gasteiger charge is 2.15. The zero-order valence-corrected chi connectivity index (χ0v) is 14.0. The van der Waals surface area contributed by atoms with E-state index in [-0.39, 0.29) is 5.91 Å². The SMILES string of the molecule is CSc1cccc(NC(=O)c2cc(N3CCCCC3)ncn2)c1. The van der Waals surface area contributed by atoms with Crippen LogP contribution in [0.5, 0.6) is 0 Å². The molecule has 0 atom stereocenters. The van der Waals surface area contributed by atoms with Crippen molar-refractivity contribution in [3.63, 3.8) is 0 Å². The van der Waals surface area contributed by atoms with Gasteiger partial charge in [-0.15, -0.1) is 11.8 Å². The molecule has 0 spiro atoms. The first-order valence-electron chi connectivity index (χ1n) is 7.78. The maximum atomic E-state index is 12.4. The highest BCUT2D eigenvalue weighted by atomic mass is 32.2. The first-order chi connectivity index (χ1) is 11.3. The zero-order chi connectivity index (χ0) is 16.1. The fourth-order valence-electron chi connectivity index (χ4n) is 2.66. The normalized spacial score (nSPS) is 14.6. The van der Waals surface area contributed by atoms with Crippen molar-refractivity contribution in [1.29, 1.82) is 0 Å². The number of aromatic nitrogens is 2. The van der Waals surface area contributed by atoms with Crippen molar-refractivity contribution in [3.8, 4) is 0 Å². The summed E-state index contributed by atoms with van der Waals surface area (Å²) >= 11 is 1.64. The average molecular weight is 328 g/mol. The lowest BCUT2D eigenvalue weighted by Crippen LogP contribution is -2.30. The minimum Gasteiger partial charge on any atom is -0.357 e. The second-order valence-corrected chi connectivity index (χ2v) is 6.37. The molecular weight excluding hydrogens is 308 g/mol. The minimum absolute atomic E-state index is 0.205. The summed E-state index contributed by atoms with van der Waals surface area (Å²) in [6.45, 7) is 1.99. The van der Waals surface area contributed by atoms with Crippen LogP contribution in [0.4, 0.5) is 11.5 Å². The molecule has 2 heterocycles. The first-order valence-corrected chi connectivity index (χ1v) is 9.01. The number of nitrogens with zero attached hydrogens (tertiary/aromatic N) is 3.